The first-order valence-corrected chi connectivity index (χ1v) is 7.53. The highest BCUT2D eigenvalue weighted by molar-refractivity contribution is 5.81. The van der Waals surface area contributed by atoms with E-state index in [4.69, 9.17) is 4.74 Å². The van der Waals surface area contributed by atoms with Crippen LogP contribution in [0.3, 0.4) is 0 Å². The molecule has 1 aliphatic heterocycles. The predicted octanol–water partition coefficient (Wildman–Crippen LogP) is 2.19. The maximum absolute atomic E-state index is 12.8. The Hall–Kier alpha value is -1.62. The summed E-state index contributed by atoms with van der Waals surface area (Å²) in [6.45, 7) is 6.96. The lowest BCUT2D eigenvalue weighted by atomic mass is 10.0. The lowest BCUT2D eigenvalue weighted by molar-refractivity contribution is -0.128. The number of carbonyl (C=O) groups excluding carboxylic acids is 1. The van der Waals surface area contributed by atoms with Gasteiger partial charge in [0.25, 0.3) is 5.91 Å². The van der Waals surface area contributed by atoms with E-state index in [1.54, 1.807) is 6.92 Å². The van der Waals surface area contributed by atoms with Gasteiger partial charge in [-0.2, -0.15) is 0 Å². The van der Waals surface area contributed by atoms with Gasteiger partial charge < -0.3 is 15.0 Å². The monoisotopic (exact) mass is 294 g/mol. The fraction of sp³-hybridized carbons (Fsp3) is 0.562. The van der Waals surface area contributed by atoms with Crippen LogP contribution < -0.4 is 10.1 Å². The summed E-state index contributed by atoms with van der Waals surface area (Å²) in [6, 6.07) is 5.91. The van der Waals surface area contributed by atoms with Gasteiger partial charge in [0.05, 0.1) is 0 Å². The molecular weight excluding hydrogens is 271 g/mol. The van der Waals surface area contributed by atoms with E-state index in [2.05, 4.69) is 17.1 Å². The van der Waals surface area contributed by atoms with Crippen LogP contribution in [0.5, 0.6) is 5.75 Å². The number of carbonyl (C=O) groups is 1. The molecule has 0 unspecified atom stereocenters. The van der Waals surface area contributed by atoms with Crippen molar-refractivity contribution >= 4 is 5.91 Å². The van der Waals surface area contributed by atoms with Crippen LogP contribution in [0.15, 0.2) is 24.3 Å². The van der Waals surface area contributed by atoms with Gasteiger partial charge in [0.1, 0.15) is 11.6 Å². The topological polar surface area (TPSA) is 41.6 Å². The number of benzene rings is 1. The van der Waals surface area contributed by atoms with E-state index in [-0.39, 0.29) is 17.8 Å². The van der Waals surface area contributed by atoms with Crippen molar-refractivity contribution in [2.45, 2.75) is 38.8 Å². The van der Waals surface area contributed by atoms with Gasteiger partial charge >= 0.3 is 0 Å². The van der Waals surface area contributed by atoms with E-state index >= 15 is 0 Å². The summed E-state index contributed by atoms with van der Waals surface area (Å²) in [4.78, 5) is 14.5. The van der Waals surface area contributed by atoms with Gasteiger partial charge in [-0.1, -0.05) is 6.92 Å². The summed E-state index contributed by atoms with van der Waals surface area (Å²) in [5, 5.41) is 3.03. The van der Waals surface area contributed by atoms with Gasteiger partial charge in [-0.15, -0.1) is 0 Å². The number of hydrogen-bond donors (Lipinski definition) is 1. The van der Waals surface area contributed by atoms with Crippen LogP contribution in [0.4, 0.5) is 4.39 Å². The van der Waals surface area contributed by atoms with Gasteiger partial charge in [0.2, 0.25) is 0 Å². The molecule has 1 amide bonds. The Morgan fingerprint density at radius 2 is 2.00 bits per heavy atom. The van der Waals surface area contributed by atoms with Gasteiger partial charge in [-0.3, -0.25) is 4.79 Å². The third kappa shape index (κ3) is 4.70. The summed E-state index contributed by atoms with van der Waals surface area (Å²) >= 11 is 0. The number of piperidine rings is 1. The highest BCUT2D eigenvalue weighted by Crippen LogP contribution is 2.14. The first kappa shape index (κ1) is 15.8. The lowest BCUT2D eigenvalue weighted by Gasteiger charge is -2.32. The number of nitrogens with one attached hydrogen (secondary N) is 1. The third-order valence-electron chi connectivity index (χ3n) is 3.88. The average molecular weight is 294 g/mol. The van der Waals surface area contributed by atoms with Gasteiger partial charge in [0.15, 0.2) is 6.10 Å². The molecule has 4 nitrogen and oxygen atoms in total. The minimum Gasteiger partial charge on any atom is -0.481 e. The Labute approximate surface area is 125 Å². The first-order chi connectivity index (χ1) is 10.1. The minimum atomic E-state index is -0.584. The van der Waals surface area contributed by atoms with Crippen molar-refractivity contribution in [3.8, 4) is 5.75 Å². The molecule has 1 N–H and O–H groups in total. The van der Waals surface area contributed by atoms with Crippen LogP contribution in [0, 0.1) is 5.82 Å². The summed E-state index contributed by atoms with van der Waals surface area (Å²) in [5.41, 5.74) is 0. The van der Waals surface area contributed by atoms with E-state index in [0.717, 1.165) is 32.5 Å². The summed E-state index contributed by atoms with van der Waals surface area (Å²) in [7, 11) is 0. The van der Waals surface area contributed by atoms with Gasteiger partial charge in [0, 0.05) is 19.1 Å². The Bertz CT molecular complexity index is 456. The molecule has 1 heterocycles. The van der Waals surface area contributed by atoms with E-state index in [9.17, 15) is 9.18 Å². The number of nitrogens with zero attached hydrogens (tertiary/aromatic N) is 1. The van der Waals surface area contributed by atoms with Crippen molar-refractivity contribution in [2.75, 3.05) is 19.6 Å². The summed E-state index contributed by atoms with van der Waals surface area (Å²) in [6.07, 6.45) is 1.37. The van der Waals surface area contributed by atoms with Crippen molar-refractivity contribution in [1.82, 2.24) is 10.2 Å². The molecule has 0 saturated carbocycles. The Morgan fingerprint density at radius 1 is 1.38 bits per heavy atom. The molecule has 116 valence electrons. The van der Waals surface area contributed by atoms with Crippen molar-refractivity contribution in [1.29, 1.82) is 0 Å². The van der Waals surface area contributed by atoms with E-state index < -0.39 is 6.10 Å². The molecule has 1 atom stereocenters. The first-order valence-electron chi connectivity index (χ1n) is 7.53. The van der Waals surface area contributed by atoms with Crippen molar-refractivity contribution in [2.24, 2.45) is 0 Å². The van der Waals surface area contributed by atoms with Gasteiger partial charge in [-0.25, -0.2) is 4.39 Å². The molecule has 0 bridgehead atoms. The average Bonchev–Trinajstić information content (AvgIpc) is 2.50. The van der Waals surface area contributed by atoms with Crippen LogP contribution in [-0.4, -0.2) is 42.6 Å². The minimum absolute atomic E-state index is 0.116. The SMILES string of the molecule is CCN1CCC(NC(=O)[C@@H](C)Oc2ccc(F)cc2)CC1. The quantitative estimate of drug-likeness (QED) is 0.905. The third-order valence-corrected chi connectivity index (χ3v) is 3.88. The zero-order valence-electron chi connectivity index (χ0n) is 12.6. The second-order valence-electron chi connectivity index (χ2n) is 5.43. The van der Waals surface area contributed by atoms with Crippen LogP contribution in [-0.2, 0) is 4.79 Å². The molecule has 5 heteroatoms. The highest BCUT2D eigenvalue weighted by atomic mass is 19.1. The summed E-state index contributed by atoms with van der Waals surface area (Å²) < 4.78 is 18.3. The van der Waals surface area contributed by atoms with Crippen molar-refractivity contribution in [3.05, 3.63) is 30.1 Å². The maximum atomic E-state index is 12.8. The molecule has 1 aliphatic rings. The molecule has 1 aromatic carbocycles. The van der Waals surface area contributed by atoms with Crippen LogP contribution in [0.2, 0.25) is 0 Å². The molecule has 0 aliphatic carbocycles. The molecule has 1 saturated heterocycles. The standard InChI is InChI=1S/C16H23FN2O2/c1-3-19-10-8-14(9-11-19)18-16(20)12(2)21-15-6-4-13(17)5-7-15/h4-7,12,14H,3,8-11H2,1-2H3,(H,18,20)/t12-/m1/s1. The zero-order chi connectivity index (χ0) is 15.2. The number of rotatable bonds is 5. The van der Waals surface area contributed by atoms with E-state index in [0.29, 0.717) is 5.75 Å². The molecule has 0 radical (unpaired) electrons. The largest absolute Gasteiger partial charge is 0.481 e. The van der Waals surface area contributed by atoms with Crippen LogP contribution >= 0.6 is 0 Å². The second kappa shape index (κ2) is 7.41. The Balaban J connectivity index is 1.78. The predicted molar refractivity (Wildman–Crippen MR) is 79.8 cm³/mol. The number of likely N-dealkylation sites (tertiary alicyclic amines) is 1. The summed E-state index contributed by atoms with van der Waals surface area (Å²) in [5.74, 6) is 0.0660. The van der Waals surface area contributed by atoms with E-state index in [1.165, 1.54) is 24.3 Å². The van der Waals surface area contributed by atoms with Crippen molar-refractivity contribution in [3.63, 3.8) is 0 Å². The molecule has 0 aromatic heterocycles. The number of hydrogen-bond acceptors (Lipinski definition) is 3. The molecule has 21 heavy (non-hydrogen) atoms. The maximum Gasteiger partial charge on any atom is 0.260 e. The number of halogens is 1. The number of ether oxygens (including phenoxy) is 1. The molecular formula is C16H23FN2O2. The fourth-order valence-electron chi connectivity index (χ4n) is 2.48. The second-order valence-corrected chi connectivity index (χ2v) is 5.43. The Morgan fingerprint density at radius 3 is 2.57 bits per heavy atom. The molecule has 2 rings (SSSR count). The molecule has 0 spiro atoms. The van der Waals surface area contributed by atoms with E-state index in [1.807, 2.05) is 0 Å². The molecule has 1 fully saturated rings. The molecule has 1 aromatic rings. The van der Waals surface area contributed by atoms with Crippen molar-refractivity contribution < 1.29 is 13.9 Å². The van der Waals surface area contributed by atoms with Gasteiger partial charge in [-0.05, 0) is 50.6 Å². The normalized spacial score (nSPS) is 18.2. The highest BCUT2D eigenvalue weighted by Gasteiger charge is 2.22. The van der Waals surface area contributed by atoms with Crippen LogP contribution in [0.1, 0.15) is 26.7 Å². The zero-order valence-corrected chi connectivity index (χ0v) is 12.6. The Kier molecular flexibility index (Phi) is 5.56. The number of amides is 1. The fourth-order valence-corrected chi connectivity index (χ4v) is 2.48. The lowest BCUT2D eigenvalue weighted by Crippen LogP contribution is -2.48. The smallest absolute Gasteiger partial charge is 0.260 e. The van der Waals surface area contributed by atoms with Crippen LogP contribution in [0.25, 0.3) is 0 Å².